The van der Waals surface area contributed by atoms with Crippen molar-refractivity contribution in [1.82, 2.24) is 9.58 Å². The predicted molar refractivity (Wildman–Crippen MR) is 123 cm³/mol. The highest BCUT2D eigenvalue weighted by Gasteiger charge is 2.38. The molecule has 0 fully saturated rings. The first-order chi connectivity index (χ1) is 15.5. The van der Waals surface area contributed by atoms with E-state index >= 15 is 0 Å². The van der Waals surface area contributed by atoms with Crippen molar-refractivity contribution in [3.63, 3.8) is 0 Å². The van der Waals surface area contributed by atoms with Gasteiger partial charge in [-0.2, -0.15) is 0 Å². The van der Waals surface area contributed by atoms with Crippen LogP contribution >= 0.6 is 0 Å². The van der Waals surface area contributed by atoms with Crippen LogP contribution < -0.4 is 10.4 Å². The zero-order valence-corrected chi connectivity index (χ0v) is 18.4. The number of aromatic nitrogens is 1. The van der Waals surface area contributed by atoms with Gasteiger partial charge in [0.1, 0.15) is 12.4 Å². The molecular weight excluding hydrogens is 402 g/mol. The van der Waals surface area contributed by atoms with E-state index in [4.69, 9.17) is 0 Å². The molecule has 5 rings (SSSR count). The van der Waals surface area contributed by atoms with Crippen LogP contribution in [0.4, 0.5) is 0 Å². The molecule has 2 heterocycles. The van der Waals surface area contributed by atoms with Gasteiger partial charge in [0.2, 0.25) is 0 Å². The Morgan fingerprint density at radius 3 is 2.16 bits per heavy atom. The number of carbonyl (C=O) groups excluding carboxylic acids is 1. The molecule has 0 saturated heterocycles. The second-order valence-corrected chi connectivity index (χ2v) is 8.69. The maximum Gasteiger partial charge on any atom is 0.274 e. The number of rotatable bonds is 3. The molecule has 1 atom stereocenters. The van der Waals surface area contributed by atoms with Crippen molar-refractivity contribution in [2.75, 3.05) is 18.3 Å². The molecule has 0 spiro atoms. The van der Waals surface area contributed by atoms with Crippen molar-refractivity contribution in [1.29, 1.82) is 0 Å². The summed E-state index contributed by atoms with van der Waals surface area (Å²) < 4.78 is 1.85. The summed E-state index contributed by atoms with van der Waals surface area (Å²) in [6.45, 7) is 3.69. The Bertz CT molecular complexity index is 1200. The molecule has 6 nitrogen and oxygen atoms in total. The van der Waals surface area contributed by atoms with Crippen LogP contribution in [0.3, 0.4) is 0 Å². The number of nitrogens with zero attached hydrogens (tertiary/aromatic N) is 3. The highest BCUT2D eigenvalue weighted by Crippen LogP contribution is 2.37. The predicted octanol–water partition coefficient (Wildman–Crippen LogP) is 2.78. The van der Waals surface area contributed by atoms with E-state index in [9.17, 15) is 14.7 Å². The van der Waals surface area contributed by atoms with Crippen molar-refractivity contribution >= 4 is 5.91 Å². The SMILES string of the molecule is Cc1c2n(ccc1=O)N(C1c3ccccc3CCc3ccccc31)CN(C(C)CO)C2=O. The molecule has 1 unspecified atom stereocenters. The van der Waals surface area contributed by atoms with E-state index < -0.39 is 0 Å². The summed E-state index contributed by atoms with van der Waals surface area (Å²) in [4.78, 5) is 27.5. The molecule has 1 N–H and O–H groups in total. The molecule has 0 radical (unpaired) electrons. The number of aryl methyl sites for hydroxylation is 2. The molecule has 3 aromatic rings. The number of hydrogen-bond donors (Lipinski definition) is 1. The van der Waals surface area contributed by atoms with Crippen LogP contribution in [0.5, 0.6) is 0 Å². The Labute approximate surface area is 187 Å². The fourth-order valence-corrected chi connectivity index (χ4v) is 4.98. The Balaban J connectivity index is 1.78. The Hall–Kier alpha value is -3.38. The third kappa shape index (κ3) is 3.14. The van der Waals surface area contributed by atoms with E-state index in [1.54, 1.807) is 18.0 Å². The standard InChI is InChI=1S/C26H27N3O3/c1-17(15-30)27-16-29(28-14-13-23(31)18(2)24(28)26(27)32)25-21-9-5-3-7-19(21)11-12-20-8-4-6-10-22(20)25/h3-10,13-14,17,25,30H,11-12,15-16H2,1-2H3. The van der Waals surface area contributed by atoms with Gasteiger partial charge < -0.3 is 10.0 Å². The van der Waals surface area contributed by atoms with Crippen molar-refractivity contribution in [3.05, 3.63) is 105 Å². The highest BCUT2D eigenvalue weighted by atomic mass is 16.3. The fourth-order valence-electron chi connectivity index (χ4n) is 4.98. The van der Waals surface area contributed by atoms with Gasteiger partial charge in [0.05, 0.1) is 18.7 Å². The zero-order chi connectivity index (χ0) is 22.4. The highest BCUT2D eigenvalue weighted by molar-refractivity contribution is 5.95. The maximum atomic E-state index is 13.4. The van der Waals surface area contributed by atoms with Gasteiger partial charge in [-0.3, -0.25) is 19.3 Å². The molecule has 0 saturated carbocycles. The average molecular weight is 430 g/mol. The average Bonchev–Trinajstić information content (AvgIpc) is 2.98. The molecule has 0 bridgehead atoms. The van der Waals surface area contributed by atoms with Crippen molar-refractivity contribution in [3.8, 4) is 0 Å². The Morgan fingerprint density at radius 2 is 1.56 bits per heavy atom. The van der Waals surface area contributed by atoms with Crippen molar-refractivity contribution in [2.45, 2.75) is 38.8 Å². The van der Waals surface area contributed by atoms with E-state index in [0.29, 0.717) is 17.9 Å². The summed E-state index contributed by atoms with van der Waals surface area (Å²) in [6.07, 6.45) is 3.60. The van der Waals surface area contributed by atoms with Gasteiger partial charge in [0, 0.05) is 17.8 Å². The van der Waals surface area contributed by atoms with Gasteiger partial charge in [-0.15, -0.1) is 0 Å². The first-order valence-corrected chi connectivity index (χ1v) is 11.1. The molecule has 1 aliphatic heterocycles. The number of benzene rings is 2. The minimum absolute atomic E-state index is 0.132. The minimum Gasteiger partial charge on any atom is -0.394 e. The van der Waals surface area contributed by atoms with Gasteiger partial charge in [-0.25, -0.2) is 0 Å². The number of aliphatic hydroxyl groups is 1. The number of hydrogen-bond acceptors (Lipinski definition) is 4. The summed E-state index contributed by atoms with van der Waals surface area (Å²) >= 11 is 0. The first kappa shape index (κ1) is 20.5. The van der Waals surface area contributed by atoms with Gasteiger partial charge >= 0.3 is 0 Å². The monoisotopic (exact) mass is 429 g/mol. The van der Waals surface area contributed by atoms with Crippen LogP contribution in [-0.4, -0.2) is 39.9 Å². The number of carbonyl (C=O) groups is 1. The molecule has 2 aromatic carbocycles. The first-order valence-electron chi connectivity index (χ1n) is 11.1. The normalized spacial score (nSPS) is 16.8. The van der Waals surface area contributed by atoms with Crippen LogP contribution in [0.2, 0.25) is 0 Å². The van der Waals surface area contributed by atoms with Crippen LogP contribution in [-0.2, 0) is 12.8 Å². The summed E-state index contributed by atoms with van der Waals surface area (Å²) in [5, 5.41) is 12.0. The molecule has 164 valence electrons. The smallest absolute Gasteiger partial charge is 0.274 e. The quantitative estimate of drug-likeness (QED) is 0.695. The Kier molecular flexibility index (Phi) is 5.10. The number of pyridine rings is 1. The molecule has 1 aliphatic carbocycles. The third-order valence-corrected chi connectivity index (χ3v) is 6.82. The van der Waals surface area contributed by atoms with Crippen molar-refractivity contribution in [2.24, 2.45) is 0 Å². The van der Waals surface area contributed by atoms with Gasteiger partial charge in [-0.05, 0) is 48.9 Å². The molecule has 1 amide bonds. The minimum atomic E-state index is -0.371. The summed E-state index contributed by atoms with van der Waals surface area (Å²) in [7, 11) is 0. The largest absolute Gasteiger partial charge is 0.394 e. The number of fused-ring (bicyclic) bond motifs is 3. The second kappa shape index (κ2) is 7.95. The number of aliphatic hydroxyl groups excluding tert-OH is 1. The molecule has 6 heteroatoms. The summed E-state index contributed by atoms with van der Waals surface area (Å²) in [5.41, 5.74) is 5.59. The Morgan fingerprint density at radius 1 is 0.969 bits per heavy atom. The van der Waals surface area contributed by atoms with Crippen LogP contribution in [0, 0.1) is 6.92 Å². The van der Waals surface area contributed by atoms with Gasteiger partial charge in [0.25, 0.3) is 5.91 Å². The van der Waals surface area contributed by atoms with Gasteiger partial charge in [-0.1, -0.05) is 48.5 Å². The van der Waals surface area contributed by atoms with E-state index in [0.717, 1.165) is 12.8 Å². The van der Waals surface area contributed by atoms with Crippen LogP contribution in [0.15, 0.2) is 65.6 Å². The molecule has 2 aliphatic rings. The fraction of sp³-hybridized carbons (Fsp3) is 0.308. The van der Waals surface area contributed by atoms with E-state index in [1.807, 2.05) is 11.6 Å². The van der Waals surface area contributed by atoms with Gasteiger partial charge in [0.15, 0.2) is 5.43 Å². The number of amides is 1. The van der Waals surface area contributed by atoms with Crippen LogP contribution in [0.25, 0.3) is 0 Å². The van der Waals surface area contributed by atoms with E-state index in [2.05, 4.69) is 53.5 Å². The van der Waals surface area contributed by atoms with Crippen LogP contribution in [0.1, 0.15) is 51.3 Å². The second-order valence-electron chi connectivity index (χ2n) is 8.69. The molecular formula is C26H27N3O3. The lowest BCUT2D eigenvalue weighted by Crippen LogP contribution is -2.58. The van der Waals surface area contributed by atoms with E-state index in [1.165, 1.54) is 28.3 Å². The lowest BCUT2D eigenvalue weighted by molar-refractivity contribution is 0.0530. The lowest BCUT2D eigenvalue weighted by Gasteiger charge is -2.46. The summed E-state index contributed by atoms with van der Waals surface area (Å²) in [5.74, 6) is -0.229. The lowest BCUT2D eigenvalue weighted by atomic mass is 9.94. The zero-order valence-electron chi connectivity index (χ0n) is 18.4. The van der Waals surface area contributed by atoms with E-state index in [-0.39, 0.29) is 30.0 Å². The van der Waals surface area contributed by atoms with Crippen molar-refractivity contribution < 1.29 is 9.90 Å². The topological polar surface area (TPSA) is 65.8 Å². The maximum absolute atomic E-state index is 13.4. The molecule has 1 aromatic heterocycles. The molecule has 32 heavy (non-hydrogen) atoms. The summed E-state index contributed by atoms with van der Waals surface area (Å²) in [6, 6.07) is 17.9. The third-order valence-electron chi connectivity index (χ3n) is 6.82.